The molecule has 0 atom stereocenters. The van der Waals surface area contributed by atoms with Gasteiger partial charge >= 0.3 is 0 Å². The molecular weight excluding hydrogens is 244 g/mol. The van der Waals surface area contributed by atoms with Crippen LogP contribution in [-0.2, 0) is 16.0 Å². The summed E-state index contributed by atoms with van der Waals surface area (Å²) in [6, 6.07) is 9.70. The van der Waals surface area contributed by atoms with Gasteiger partial charge in [-0.2, -0.15) is 5.26 Å². The van der Waals surface area contributed by atoms with Gasteiger partial charge < -0.3 is 14.8 Å². The Labute approximate surface area is 112 Å². The van der Waals surface area contributed by atoms with Gasteiger partial charge in [0.15, 0.2) is 5.41 Å². The van der Waals surface area contributed by atoms with E-state index in [0.29, 0.717) is 6.54 Å². The summed E-state index contributed by atoms with van der Waals surface area (Å²) in [4.78, 5) is 11.8. The summed E-state index contributed by atoms with van der Waals surface area (Å²) in [7, 11) is 1.62. The minimum absolute atomic E-state index is 0.192. The predicted molar refractivity (Wildman–Crippen MR) is 68.6 cm³/mol. The van der Waals surface area contributed by atoms with Gasteiger partial charge in [-0.05, 0) is 24.1 Å². The molecule has 0 saturated carbocycles. The molecule has 2 rings (SSSR count). The Morgan fingerprint density at radius 2 is 2.16 bits per heavy atom. The first-order valence-corrected chi connectivity index (χ1v) is 6.10. The van der Waals surface area contributed by atoms with Gasteiger partial charge in [0.25, 0.3) is 0 Å². The molecule has 0 aliphatic carbocycles. The average molecular weight is 260 g/mol. The highest BCUT2D eigenvalue weighted by atomic mass is 16.5. The first kappa shape index (κ1) is 13.4. The van der Waals surface area contributed by atoms with Gasteiger partial charge in [-0.1, -0.05) is 12.1 Å². The number of carbonyl (C=O) groups excluding carboxylic acids is 1. The predicted octanol–water partition coefficient (Wildman–Crippen LogP) is 0.894. The molecule has 1 aromatic carbocycles. The first-order chi connectivity index (χ1) is 9.20. The van der Waals surface area contributed by atoms with Crippen molar-refractivity contribution in [1.82, 2.24) is 5.32 Å². The minimum Gasteiger partial charge on any atom is -0.497 e. The Hall–Kier alpha value is -2.06. The first-order valence-electron chi connectivity index (χ1n) is 6.10. The van der Waals surface area contributed by atoms with Crippen LogP contribution in [0.1, 0.15) is 5.56 Å². The standard InChI is InChI=1S/C14H16N2O3/c1-18-12-4-2-11(3-5-12)6-7-16-13(17)14(8-15)9-19-10-14/h2-5H,6-7,9-10H2,1H3,(H,16,17). The molecule has 1 saturated heterocycles. The zero-order chi connectivity index (χ0) is 13.7. The maximum absolute atomic E-state index is 11.8. The molecule has 5 nitrogen and oxygen atoms in total. The second-order valence-electron chi connectivity index (χ2n) is 4.54. The second kappa shape index (κ2) is 5.72. The molecule has 5 heteroatoms. The van der Waals surface area contributed by atoms with E-state index < -0.39 is 5.41 Å². The summed E-state index contributed by atoms with van der Waals surface area (Å²) in [5.41, 5.74) is 0.136. The smallest absolute Gasteiger partial charge is 0.245 e. The van der Waals surface area contributed by atoms with Crippen LogP contribution in [0.2, 0.25) is 0 Å². The van der Waals surface area contributed by atoms with E-state index in [0.717, 1.165) is 17.7 Å². The number of hydrogen-bond acceptors (Lipinski definition) is 4. The number of benzene rings is 1. The molecule has 1 aliphatic rings. The third-order valence-corrected chi connectivity index (χ3v) is 3.20. The van der Waals surface area contributed by atoms with E-state index in [1.807, 2.05) is 30.3 Å². The zero-order valence-electron chi connectivity index (χ0n) is 10.8. The van der Waals surface area contributed by atoms with Gasteiger partial charge in [0.1, 0.15) is 5.75 Å². The van der Waals surface area contributed by atoms with E-state index in [1.54, 1.807) is 7.11 Å². The van der Waals surface area contributed by atoms with Gasteiger partial charge in [0.05, 0.1) is 26.4 Å². The van der Waals surface area contributed by atoms with E-state index in [1.165, 1.54) is 0 Å². The van der Waals surface area contributed by atoms with E-state index in [4.69, 9.17) is 14.7 Å². The van der Waals surface area contributed by atoms with Crippen LogP contribution in [0.3, 0.4) is 0 Å². The number of nitrogens with zero attached hydrogens (tertiary/aromatic N) is 1. The van der Waals surface area contributed by atoms with Gasteiger partial charge in [0.2, 0.25) is 5.91 Å². The normalized spacial score (nSPS) is 16.0. The molecule has 19 heavy (non-hydrogen) atoms. The average Bonchev–Trinajstić information content (AvgIpc) is 2.39. The third kappa shape index (κ3) is 2.85. The topological polar surface area (TPSA) is 71.3 Å². The minimum atomic E-state index is -0.972. The second-order valence-corrected chi connectivity index (χ2v) is 4.54. The Morgan fingerprint density at radius 3 is 2.63 bits per heavy atom. The fourth-order valence-electron chi connectivity index (χ4n) is 1.83. The Kier molecular flexibility index (Phi) is 4.03. The Bertz CT molecular complexity index is 486. The largest absolute Gasteiger partial charge is 0.497 e. The molecule has 0 unspecified atom stereocenters. The fourth-order valence-corrected chi connectivity index (χ4v) is 1.83. The Balaban J connectivity index is 1.80. The van der Waals surface area contributed by atoms with Crippen molar-refractivity contribution < 1.29 is 14.3 Å². The monoisotopic (exact) mass is 260 g/mol. The number of rotatable bonds is 5. The van der Waals surface area contributed by atoms with Gasteiger partial charge in [-0.3, -0.25) is 4.79 Å². The summed E-state index contributed by atoms with van der Waals surface area (Å²) in [5.74, 6) is 0.567. The van der Waals surface area contributed by atoms with Crippen molar-refractivity contribution in [2.24, 2.45) is 5.41 Å². The molecule has 0 aromatic heterocycles. The zero-order valence-corrected chi connectivity index (χ0v) is 10.8. The van der Waals surface area contributed by atoms with E-state index >= 15 is 0 Å². The number of nitrogens with one attached hydrogen (secondary N) is 1. The molecular formula is C14H16N2O3. The van der Waals surface area contributed by atoms with Crippen LogP contribution in [0.4, 0.5) is 0 Å². The lowest BCUT2D eigenvalue weighted by Crippen LogP contribution is -2.53. The molecule has 1 fully saturated rings. The molecule has 1 aromatic rings. The van der Waals surface area contributed by atoms with E-state index in [2.05, 4.69) is 5.32 Å². The lowest BCUT2D eigenvalue weighted by Gasteiger charge is -2.33. The van der Waals surface area contributed by atoms with Crippen molar-refractivity contribution >= 4 is 5.91 Å². The van der Waals surface area contributed by atoms with Crippen molar-refractivity contribution in [1.29, 1.82) is 5.26 Å². The Morgan fingerprint density at radius 1 is 1.47 bits per heavy atom. The summed E-state index contributed by atoms with van der Waals surface area (Å²) >= 11 is 0. The van der Waals surface area contributed by atoms with Crippen molar-refractivity contribution in [3.63, 3.8) is 0 Å². The molecule has 100 valence electrons. The number of ether oxygens (including phenoxy) is 2. The lowest BCUT2D eigenvalue weighted by molar-refractivity contribution is -0.149. The number of methoxy groups -OCH3 is 1. The molecule has 0 radical (unpaired) electrons. The summed E-state index contributed by atoms with van der Waals surface area (Å²) < 4.78 is 10.0. The van der Waals surface area contributed by atoms with Crippen LogP contribution < -0.4 is 10.1 Å². The maximum Gasteiger partial charge on any atom is 0.245 e. The summed E-state index contributed by atoms with van der Waals surface area (Å²) in [6.45, 7) is 0.893. The summed E-state index contributed by atoms with van der Waals surface area (Å²) in [5, 5.41) is 11.8. The van der Waals surface area contributed by atoms with E-state index in [-0.39, 0.29) is 19.1 Å². The molecule has 0 bridgehead atoms. The van der Waals surface area contributed by atoms with Crippen LogP contribution in [0.15, 0.2) is 24.3 Å². The van der Waals surface area contributed by atoms with Crippen LogP contribution in [0.25, 0.3) is 0 Å². The molecule has 1 N–H and O–H groups in total. The maximum atomic E-state index is 11.8. The van der Waals surface area contributed by atoms with E-state index in [9.17, 15) is 4.79 Å². The number of amides is 1. The van der Waals surface area contributed by atoms with Crippen molar-refractivity contribution in [3.8, 4) is 11.8 Å². The number of carbonyl (C=O) groups is 1. The fraction of sp³-hybridized carbons (Fsp3) is 0.429. The van der Waals surface area contributed by atoms with Gasteiger partial charge in [0, 0.05) is 6.54 Å². The van der Waals surface area contributed by atoms with Crippen molar-refractivity contribution in [2.75, 3.05) is 26.9 Å². The van der Waals surface area contributed by atoms with Crippen molar-refractivity contribution in [3.05, 3.63) is 29.8 Å². The SMILES string of the molecule is COc1ccc(CCNC(=O)C2(C#N)COC2)cc1. The van der Waals surface area contributed by atoms with Crippen LogP contribution >= 0.6 is 0 Å². The van der Waals surface area contributed by atoms with Crippen LogP contribution in [0, 0.1) is 16.7 Å². The molecule has 1 heterocycles. The highest BCUT2D eigenvalue weighted by molar-refractivity contribution is 5.86. The molecule has 1 aliphatic heterocycles. The molecule has 0 spiro atoms. The molecule has 1 amide bonds. The van der Waals surface area contributed by atoms with Gasteiger partial charge in [-0.15, -0.1) is 0 Å². The lowest BCUT2D eigenvalue weighted by atomic mass is 9.87. The van der Waals surface area contributed by atoms with Crippen LogP contribution in [0.5, 0.6) is 5.75 Å². The van der Waals surface area contributed by atoms with Gasteiger partial charge in [-0.25, -0.2) is 0 Å². The van der Waals surface area contributed by atoms with Crippen molar-refractivity contribution in [2.45, 2.75) is 6.42 Å². The third-order valence-electron chi connectivity index (χ3n) is 3.20. The number of hydrogen-bond donors (Lipinski definition) is 1. The number of nitriles is 1. The highest BCUT2D eigenvalue weighted by Crippen LogP contribution is 2.26. The highest BCUT2D eigenvalue weighted by Gasteiger charge is 2.46. The quantitative estimate of drug-likeness (QED) is 0.853. The summed E-state index contributed by atoms with van der Waals surface area (Å²) in [6.07, 6.45) is 0.720. The van der Waals surface area contributed by atoms with Crippen LogP contribution in [-0.4, -0.2) is 32.8 Å².